The summed E-state index contributed by atoms with van der Waals surface area (Å²) in [4.78, 5) is 0. The average molecular weight is 313 g/mol. The van der Waals surface area contributed by atoms with Crippen LogP contribution in [0.25, 0.3) is 0 Å². The molecule has 4 N–H and O–H groups in total. The second kappa shape index (κ2) is 6.66. The van der Waals surface area contributed by atoms with Crippen molar-refractivity contribution in [2.75, 3.05) is 11.3 Å². The summed E-state index contributed by atoms with van der Waals surface area (Å²) in [6.07, 6.45) is 3.37. The fraction of sp³-hybridized carbons (Fsp3) is 0.462. The van der Waals surface area contributed by atoms with Gasteiger partial charge in [-0.2, -0.15) is 0 Å². The third kappa shape index (κ3) is 4.25. The summed E-state index contributed by atoms with van der Waals surface area (Å²) < 4.78 is 32.1. The van der Waals surface area contributed by atoms with Crippen molar-refractivity contribution in [3.8, 4) is 5.75 Å². The number of sulfonamides is 1. The van der Waals surface area contributed by atoms with E-state index in [0.29, 0.717) is 11.4 Å². The zero-order valence-electron chi connectivity index (χ0n) is 11.5. The number of nitrogens with two attached hydrogens (primary N) is 1. The third-order valence-electron chi connectivity index (χ3n) is 3.37. The van der Waals surface area contributed by atoms with E-state index >= 15 is 0 Å². The molecule has 0 amide bonds. The number of benzene rings is 1. The highest BCUT2D eigenvalue weighted by Crippen LogP contribution is 2.26. The average Bonchev–Trinajstić information content (AvgIpc) is 3.01. The van der Waals surface area contributed by atoms with Gasteiger partial charge in [0.25, 0.3) is 0 Å². The number of hydrogen-bond acceptors (Lipinski definition) is 5. The van der Waals surface area contributed by atoms with Crippen LogP contribution in [-0.2, 0) is 10.0 Å². The Hall–Kier alpha value is -1.96. The summed E-state index contributed by atoms with van der Waals surface area (Å²) in [5, 5.41) is 10.9. The molecule has 0 heterocycles. The molecule has 0 aliphatic heterocycles. The Bertz CT molecular complexity index is 592. The van der Waals surface area contributed by atoms with Gasteiger partial charge >= 0.3 is 0 Å². The molecule has 2 rings (SSSR count). The molecule has 1 aliphatic rings. The third-order valence-corrected chi connectivity index (χ3v) is 5.24. The smallest absolute Gasteiger partial charge is 0.235 e. The first-order valence-corrected chi connectivity index (χ1v) is 8.27. The lowest BCUT2D eigenvalue weighted by molar-refractivity contribution is 0.306. The van der Waals surface area contributed by atoms with Crippen LogP contribution in [0.4, 0.5) is 5.69 Å². The van der Waals surface area contributed by atoms with Gasteiger partial charge in [-0.25, -0.2) is 8.42 Å². The van der Waals surface area contributed by atoms with Gasteiger partial charge in [0.05, 0.1) is 5.25 Å². The van der Waals surface area contributed by atoms with E-state index in [1.165, 1.54) is 0 Å². The molecular formula is C13H19N3O4S. The molecule has 1 aromatic carbocycles. The molecule has 0 radical (unpaired) electrons. The Morgan fingerprint density at radius 1 is 1.33 bits per heavy atom. The number of ether oxygens (including phenoxy) is 1. The van der Waals surface area contributed by atoms with Crippen molar-refractivity contribution in [1.82, 2.24) is 0 Å². The zero-order valence-corrected chi connectivity index (χ0v) is 12.3. The minimum absolute atomic E-state index is 0.0380. The Labute approximate surface area is 123 Å². The Morgan fingerprint density at radius 2 is 1.95 bits per heavy atom. The maximum absolute atomic E-state index is 12.1. The lowest BCUT2D eigenvalue weighted by atomic mass is 10.3. The normalized spacial score (nSPS) is 16.9. The summed E-state index contributed by atoms with van der Waals surface area (Å²) >= 11 is 0. The van der Waals surface area contributed by atoms with E-state index in [-0.39, 0.29) is 17.7 Å². The van der Waals surface area contributed by atoms with Crippen molar-refractivity contribution in [2.24, 2.45) is 10.9 Å². The highest BCUT2D eigenvalue weighted by molar-refractivity contribution is 7.93. The van der Waals surface area contributed by atoms with E-state index in [9.17, 15) is 8.42 Å². The monoisotopic (exact) mass is 313 g/mol. The molecule has 21 heavy (non-hydrogen) atoms. The largest absolute Gasteiger partial charge is 0.486 e. The van der Waals surface area contributed by atoms with E-state index in [2.05, 4.69) is 9.88 Å². The zero-order chi connectivity index (χ0) is 15.3. The lowest BCUT2D eigenvalue weighted by Crippen LogP contribution is -2.25. The number of rotatable bonds is 6. The second-order valence-corrected chi connectivity index (χ2v) is 6.92. The number of hydrogen-bond donors (Lipinski definition) is 3. The molecule has 0 aromatic heterocycles. The van der Waals surface area contributed by atoms with Gasteiger partial charge in [-0.3, -0.25) is 4.72 Å². The minimum atomic E-state index is -3.32. The minimum Gasteiger partial charge on any atom is -0.486 e. The predicted molar refractivity (Wildman–Crippen MR) is 80.1 cm³/mol. The fourth-order valence-electron chi connectivity index (χ4n) is 2.25. The van der Waals surface area contributed by atoms with Crippen LogP contribution in [0.3, 0.4) is 0 Å². The number of nitrogens with one attached hydrogen (secondary N) is 1. The molecule has 1 fully saturated rings. The number of anilines is 1. The summed E-state index contributed by atoms with van der Waals surface area (Å²) in [6, 6.07) is 6.48. The van der Waals surface area contributed by atoms with Gasteiger partial charge in [-0.1, -0.05) is 18.0 Å². The van der Waals surface area contributed by atoms with Crippen LogP contribution < -0.4 is 15.2 Å². The molecule has 0 atom stereocenters. The number of amidine groups is 1. The van der Waals surface area contributed by atoms with Gasteiger partial charge in [0.2, 0.25) is 10.0 Å². The Kier molecular flexibility index (Phi) is 4.89. The molecule has 0 spiro atoms. The van der Waals surface area contributed by atoms with Gasteiger partial charge in [0.1, 0.15) is 12.4 Å². The van der Waals surface area contributed by atoms with Crippen LogP contribution in [0.1, 0.15) is 25.7 Å². The summed E-state index contributed by atoms with van der Waals surface area (Å²) in [7, 11) is -3.32. The van der Waals surface area contributed by atoms with E-state index < -0.39 is 10.0 Å². The van der Waals surface area contributed by atoms with Crippen molar-refractivity contribution in [1.29, 1.82) is 0 Å². The van der Waals surface area contributed by atoms with Crippen LogP contribution in [0, 0.1) is 0 Å². The fourth-order valence-corrected chi connectivity index (χ4v) is 3.84. The summed E-state index contributed by atoms with van der Waals surface area (Å²) in [5.41, 5.74) is 5.79. The van der Waals surface area contributed by atoms with Crippen LogP contribution in [0.2, 0.25) is 0 Å². The predicted octanol–water partition coefficient (Wildman–Crippen LogP) is 1.50. The molecule has 0 saturated heterocycles. The summed E-state index contributed by atoms with van der Waals surface area (Å²) in [6.45, 7) is -0.0380. The van der Waals surface area contributed by atoms with Gasteiger partial charge in [-0.15, -0.1) is 0 Å². The van der Waals surface area contributed by atoms with Crippen molar-refractivity contribution >= 4 is 21.5 Å². The van der Waals surface area contributed by atoms with Crippen LogP contribution in [0.5, 0.6) is 5.75 Å². The molecule has 7 nitrogen and oxygen atoms in total. The molecule has 0 unspecified atom stereocenters. The van der Waals surface area contributed by atoms with Crippen molar-refractivity contribution in [3.63, 3.8) is 0 Å². The van der Waals surface area contributed by atoms with Gasteiger partial charge < -0.3 is 15.7 Å². The molecular weight excluding hydrogens is 294 g/mol. The van der Waals surface area contributed by atoms with Crippen molar-refractivity contribution in [3.05, 3.63) is 24.3 Å². The van der Waals surface area contributed by atoms with Crippen molar-refractivity contribution in [2.45, 2.75) is 30.9 Å². The molecule has 8 heteroatoms. The summed E-state index contributed by atoms with van der Waals surface area (Å²) in [5.74, 6) is 0.464. The molecule has 116 valence electrons. The number of nitrogens with zero attached hydrogens (tertiary/aromatic N) is 1. The van der Waals surface area contributed by atoms with Crippen LogP contribution in [-0.4, -0.2) is 31.3 Å². The first-order valence-electron chi connectivity index (χ1n) is 6.72. The van der Waals surface area contributed by atoms with E-state index in [4.69, 9.17) is 15.7 Å². The standard InChI is InChI=1S/C13H19N3O4S/c14-13(15-17)9-20-11-7-5-10(6-8-11)16-21(18,19)12-3-1-2-4-12/h5-8,12,16-17H,1-4,9H2,(H2,14,15). The Balaban J connectivity index is 1.96. The maximum Gasteiger partial charge on any atom is 0.235 e. The second-order valence-electron chi connectivity index (χ2n) is 4.96. The van der Waals surface area contributed by atoms with Gasteiger partial charge in [0, 0.05) is 5.69 Å². The highest BCUT2D eigenvalue weighted by Gasteiger charge is 2.28. The topological polar surface area (TPSA) is 114 Å². The van der Waals surface area contributed by atoms with E-state index in [0.717, 1.165) is 25.7 Å². The highest BCUT2D eigenvalue weighted by atomic mass is 32.2. The SMILES string of the molecule is N/C(COc1ccc(NS(=O)(=O)C2CCCC2)cc1)=N/O. The van der Waals surface area contributed by atoms with Crippen LogP contribution >= 0.6 is 0 Å². The Morgan fingerprint density at radius 3 is 2.52 bits per heavy atom. The number of oxime groups is 1. The van der Waals surface area contributed by atoms with Crippen LogP contribution in [0.15, 0.2) is 29.4 Å². The first kappa shape index (κ1) is 15.4. The maximum atomic E-state index is 12.1. The van der Waals surface area contributed by atoms with E-state index in [1.807, 2.05) is 0 Å². The quantitative estimate of drug-likeness (QED) is 0.319. The van der Waals surface area contributed by atoms with Gasteiger partial charge in [0.15, 0.2) is 5.84 Å². The first-order chi connectivity index (χ1) is 10.0. The molecule has 1 aromatic rings. The van der Waals surface area contributed by atoms with E-state index in [1.54, 1.807) is 24.3 Å². The molecule has 0 bridgehead atoms. The lowest BCUT2D eigenvalue weighted by Gasteiger charge is -2.13. The molecule has 1 saturated carbocycles. The molecule has 1 aliphatic carbocycles. The van der Waals surface area contributed by atoms with Gasteiger partial charge in [-0.05, 0) is 37.1 Å². The van der Waals surface area contributed by atoms with Crippen molar-refractivity contribution < 1.29 is 18.4 Å².